The first-order chi connectivity index (χ1) is 9.06. The number of thioether (sulfide) groups is 1. The molecule has 0 amide bonds. The Labute approximate surface area is 124 Å². The van der Waals surface area contributed by atoms with Crippen molar-refractivity contribution >= 4 is 33.3 Å². The van der Waals surface area contributed by atoms with Gasteiger partial charge in [-0.25, -0.2) is 4.98 Å². The summed E-state index contributed by atoms with van der Waals surface area (Å²) in [5.41, 5.74) is 7.15. The van der Waals surface area contributed by atoms with Gasteiger partial charge in [-0.15, -0.1) is 0 Å². The van der Waals surface area contributed by atoms with Gasteiger partial charge in [-0.2, -0.15) is 11.8 Å². The highest BCUT2D eigenvalue weighted by Crippen LogP contribution is 2.13. The number of rotatable bonds is 5. The third kappa shape index (κ3) is 4.06. The lowest BCUT2D eigenvalue weighted by Gasteiger charge is -2.06. The number of halogens is 1. The molecule has 2 aromatic heterocycles. The molecule has 19 heavy (non-hydrogen) atoms. The van der Waals surface area contributed by atoms with Crippen molar-refractivity contribution in [2.24, 2.45) is 5.73 Å². The highest BCUT2D eigenvalue weighted by molar-refractivity contribution is 9.10. The fraction of sp³-hybridized carbons (Fsp3) is 0.385. The maximum atomic E-state index is 12.0. The van der Waals surface area contributed by atoms with Crippen LogP contribution in [0.1, 0.15) is 19.0 Å². The van der Waals surface area contributed by atoms with Crippen molar-refractivity contribution < 1.29 is 0 Å². The summed E-state index contributed by atoms with van der Waals surface area (Å²) >= 11 is 5.10. The Morgan fingerprint density at radius 3 is 3.05 bits per heavy atom. The summed E-state index contributed by atoms with van der Waals surface area (Å²) in [6.07, 6.45) is 2.71. The molecule has 0 aliphatic heterocycles. The zero-order valence-electron chi connectivity index (χ0n) is 10.7. The topological polar surface area (TPSA) is 60.4 Å². The Morgan fingerprint density at radius 1 is 1.53 bits per heavy atom. The second-order valence-electron chi connectivity index (χ2n) is 4.48. The normalized spacial score (nSPS) is 12.8. The lowest BCUT2D eigenvalue weighted by molar-refractivity contribution is 0.721. The molecule has 0 saturated carbocycles. The summed E-state index contributed by atoms with van der Waals surface area (Å²) in [5.74, 6) is 1.73. The van der Waals surface area contributed by atoms with Crippen LogP contribution in [-0.2, 0) is 5.75 Å². The van der Waals surface area contributed by atoms with E-state index in [4.69, 9.17) is 5.73 Å². The van der Waals surface area contributed by atoms with E-state index in [1.54, 1.807) is 28.4 Å². The molecule has 2 heterocycles. The van der Waals surface area contributed by atoms with E-state index >= 15 is 0 Å². The summed E-state index contributed by atoms with van der Waals surface area (Å²) in [7, 11) is 0. The second kappa shape index (κ2) is 6.54. The Kier molecular flexibility index (Phi) is 5.01. The quantitative estimate of drug-likeness (QED) is 0.848. The predicted molar refractivity (Wildman–Crippen MR) is 83.6 cm³/mol. The van der Waals surface area contributed by atoms with E-state index in [1.807, 2.05) is 19.1 Å². The fourth-order valence-corrected chi connectivity index (χ4v) is 3.02. The van der Waals surface area contributed by atoms with Gasteiger partial charge in [0.2, 0.25) is 0 Å². The van der Waals surface area contributed by atoms with Gasteiger partial charge in [0.25, 0.3) is 5.56 Å². The fourth-order valence-electron chi connectivity index (χ4n) is 1.65. The highest BCUT2D eigenvalue weighted by Gasteiger charge is 2.03. The van der Waals surface area contributed by atoms with Crippen LogP contribution in [0.2, 0.25) is 0 Å². The maximum absolute atomic E-state index is 12.0. The van der Waals surface area contributed by atoms with E-state index in [1.165, 1.54) is 0 Å². The number of aromatic nitrogens is 2. The van der Waals surface area contributed by atoms with Crippen molar-refractivity contribution in [3.05, 3.63) is 44.9 Å². The number of pyridine rings is 1. The number of hydrogen-bond donors (Lipinski definition) is 1. The van der Waals surface area contributed by atoms with Crippen LogP contribution >= 0.6 is 27.7 Å². The molecule has 0 aromatic carbocycles. The van der Waals surface area contributed by atoms with Crippen LogP contribution in [-0.4, -0.2) is 21.2 Å². The van der Waals surface area contributed by atoms with Gasteiger partial charge in [0.1, 0.15) is 5.65 Å². The molecule has 2 aromatic rings. The van der Waals surface area contributed by atoms with Crippen molar-refractivity contribution in [1.82, 2.24) is 9.38 Å². The number of fused-ring (bicyclic) bond motifs is 1. The van der Waals surface area contributed by atoms with E-state index in [0.29, 0.717) is 5.65 Å². The van der Waals surface area contributed by atoms with Crippen LogP contribution in [0.5, 0.6) is 0 Å². The average Bonchev–Trinajstić information content (AvgIpc) is 2.35. The van der Waals surface area contributed by atoms with Crippen LogP contribution in [0.3, 0.4) is 0 Å². The molecule has 0 saturated heterocycles. The first-order valence-electron chi connectivity index (χ1n) is 6.07. The Bertz CT molecular complexity index is 627. The van der Waals surface area contributed by atoms with Gasteiger partial charge in [-0.1, -0.05) is 0 Å². The average molecular weight is 342 g/mol. The molecule has 0 bridgehead atoms. The molecule has 0 aliphatic carbocycles. The van der Waals surface area contributed by atoms with E-state index in [0.717, 1.165) is 28.1 Å². The minimum atomic E-state index is -0.0471. The van der Waals surface area contributed by atoms with Gasteiger partial charge in [-0.3, -0.25) is 9.20 Å². The SMILES string of the molecule is CC(N)CCSCc1cc(=O)n2cc(Br)ccc2n1. The predicted octanol–water partition coefficient (Wildman–Crippen LogP) is 2.43. The minimum absolute atomic E-state index is 0.0471. The summed E-state index contributed by atoms with van der Waals surface area (Å²) in [4.78, 5) is 16.4. The second-order valence-corrected chi connectivity index (χ2v) is 6.50. The lowest BCUT2D eigenvalue weighted by Crippen LogP contribution is -2.16. The standard InChI is InChI=1S/C13H16BrN3OS/c1-9(15)4-5-19-8-11-6-13(18)17-7-10(14)2-3-12(17)16-11/h2-3,6-7,9H,4-5,8,15H2,1H3. The highest BCUT2D eigenvalue weighted by atomic mass is 79.9. The molecular weight excluding hydrogens is 326 g/mol. The van der Waals surface area contributed by atoms with E-state index in [2.05, 4.69) is 20.9 Å². The van der Waals surface area contributed by atoms with E-state index < -0.39 is 0 Å². The van der Waals surface area contributed by atoms with Crippen LogP contribution in [0.4, 0.5) is 0 Å². The van der Waals surface area contributed by atoms with Gasteiger partial charge in [0.15, 0.2) is 0 Å². The van der Waals surface area contributed by atoms with Crippen LogP contribution in [0, 0.1) is 0 Å². The summed E-state index contributed by atoms with van der Waals surface area (Å²) in [5, 5.41) is 0. The molecule has 2 N–H and O–H groups in total. The molecule has 1 atom stereocenters. The molecule has 0 aliphatic rings. The molecule has 2 rings (SSSR count). The molecule has 0 spiro atoms. The Hall–Kier alpha value is -0.850. The van der Waals surface area contributed by atoms with Gasteiger partial charge in [0, 0.05) is 28.5 Å². The molecule has 1 unspecified atom stereocenters. The molecule has 4 nitrogen and oxygen atoms in total. The first kappa shape index (κ1) is 14.6. The molecule has 0 radical (unpaired) electrons. The van der Waals surface area contributed by atoms with E-state index in [9.17, 15) is 4.79 Å². The largest absolute Gasteiger partial charge is 0.328 e. The smallest absolute Gasteiger partial charge is 0.258 e. The number of hydrogen-bond acceptors (Lipinski definition) is 4. The van der Waals surface area contributed by atoms with Gasteiger partial charge in [-0.05, 0) is 47.2 Å². The zero-order valence-corrected chi connectivity index (χ0v) is 13.1. The summed E-state index contributed by atoms with van der Waals surface area (Å²) in [6.45, 7) is 2.00. The monoisotopic (exact) mass is 341 g/mol. The third-order valence-corrected chi connectivity index (χ3v) is 4.14. The maximum Gasteiger partial charge on any atom is 0.258 e. The summed E-state index contributed by atoms with van der Waals surface area (Å²) < 4.78 is 2.41. The lowest BCUT2D eigenvalue weighted by atomic mass is 10.3. The third-order valence-electron chi connectivity index (χ3n) is 2.64. The Balaban J connectivity index is 2.13. The van der Waals surface area contributed by atoms with Crippen molar-refractivity contribution in [3.63, 3.8) is 0 Å². The minimum Gasteiger partial charge on any atom is -0.328 e. The van der Waals surface area contributed by atoms with Crippen LogP contribution in [0.15, 0.2) is 33.7 Å². The molecule has 6 heteroatoms. The molecular formula is C13H16BrN3OS. The van der Waals surface area contributed by atoms with Crippen LogP contribution in [0.25, 0.3) is 5.65 Å². The van der Waals surface area contributed by atoms with Crippen molar-refractivity contribution in [2.45, 2.75) is 25.1 Å². The van der Waals surface area contributed by atoms with Crippen LogP contribution < -0.4 is 11.3 Å². The van der Waals surface area contributed by atoms with Gasteiger partial charge in [0.05, 0.1) is 5.69 Å². The van der Waals surface area contributed by atoms with E-state index in [-0.39, 0.29) is 11.6 Å². The van der Waals surface area contributed by atoms with Crippen molar-refractivity contribution in [3.8, 4) is 0 Å². The molecule has 102 valence electrons. The zero-order chi connectivity index (χ0) is 13.8. The number of nitrogens with zero attached hydrogens (tertiary/aromatic N) is 2. The number of nitrogens with two attached hydrogens (primary N) is 1. The summed E-state index contributed by atoms with van der Waals surface area (Å²) in [6, 6.07) is 5.54. The Morgan fingerprint density at radius 2 is 2.32 bits per heavy atom. The van der Waals surface area contributed by atoms with Crippen molar-refractivity contribution in [1.29, 1.82) is 0 Å². The van der Waals surface area contributed by atoms with Gasteiger partial charge >= 0.3 is 0 Å². The molecule has 0 fully saturated rings. The first-order valence-corrected chi connectivity index (χ1v) is 8.02. The van der Waals surface area contributed by atoms with Crippen molar-refractivity contribution in [2.75, 3.05) is 5.75 Å². The van der Waals surface area contributed by atoms with Gasteiger partial charge < -0.3 is 5.73 Å².